The minimum absolute atomic E-state index is 0.131. The van der Waals surface area contributed by atoms with E-state index in [0.29, 0.717) is 39.9 Å². The van der Waals surface area contributed by atoms with E-state index in [9.17, 15) is 14.7 Å². The van der Waals surface area contributed by atoms with Crippen molar-refractivity contribution in [2.45, 2.75) is 39.3 Å². The number of ether oxygens (including phenoxy) is 1. The molecule has 0 spiro atoms. The highest BCUT2D eigenvalue weighted by molar-refractivity contribution is 6.30. The molecule has 0 aliphatic rings. The first kappa shape index (κ1) is 25.2. The Labute approximate surface area is 202 Å². The number of esters is 1. The van der Waals surface area contributed by atoms with Gasteiger partial charge in [-0.3, -0.25) is 9.59 Å². The van der Waals surface area contributed by atoms with Crippen molar-refractivity contribution in [2.75, 3.05) is 18.5 Å². The second-order valence-electron chi connectivity index (χ2n) is 7.84. The van der Waals surface area contributed by atoms with Crippen LogP contribution in [0, 0.1) is 6.92 Å². The number of nitrogens with one attached hydrogen (secondary N) is 3. The highest BCUT2D eigenvalue weighted by Crippen LogP contribution is 2.24. The molecule has 2 aromatic heterocycles. The lowest BCUT2D eigenvalue weighted by molar-refractivity contribution is -0.141. The molecule has 0 radical (unpaired) electrons. The number of benzene rings is 1. The van der Waals surface area contributed by atoms with Crippen LogP contribution in [0.3, 0.4) is 0 Å². The van der Waals surface area contributed by atoms with Gasteiger partial charge in [0, 0.05) is 29.9 Å². The van der Waals surface area contributed by atoms with E-state index in [2.05, 4.69) is 25.6 Å². The first-order chi connectivity index (χ1) is 16.3. The van der Waals surface area contributed by atoms with Crippen LogP contribution in [0.15, 0.2) is 42.7 Å². The molecule has 10 heteroatoms. The molecular formula is C24H28ClN5O4. The van der Waals surface area contributed by atoms with Crippen LogP contribution >= 0.6 is 11.6 Å². The lowest BCUT2D eigenvalue weighted by Gasteiger charge is -2.17. The second kappa shape index (κ2) is 11.6. The molecule has 2 atom stereocenters. The summed E-state index contributed by atoms with van der Waals surface area (Å²) in [5, 5.41) is 16.3. The van der Waals surface area contributed by atoms with E-state index >= 15 is 0 Å². The van der Waals surface area contributed by atoms with Crippen LogP contribution in [0.2, 0.25) is 5.02 Å². The van der Waals surface area contributed by atoms with Crippen LogP contribution in [-0.4, -0.2) is 51.2 Å². The second-order valence-corrected chi connectivity index (χ2v) is 8.28. The van der Waals surface area contributed by atoms with E-state index < -0.39 is 6.04 Å². The predicted octanol–water partition coefficient (Wildman–Crippen LogP) is 3.65. The number of hydrogen-bond acceptors (Lipinski definition) is 7. The number of aryl methyl sites for hydroxylation is 1. The number of carbonyl (C=O) groups is 2. The number of aromatic nitrogens is 3. The average molecular weight is 486 g/mol. The quantitative estimate of drug-likeness (QED) is 0.322. The normalized spacial score (nSPS) is 12.6. The zero-order valence-electron chi connectivity index (χ0n) is 19.3. The molecule has 2 heterocycles. The molecule has 3 rings (SSSR count). The summed E-state index contributed by atoms with van der Waals surface area (Å²) in [6, 6.07) is 7.94. The first-order valence-corrected chi connectivity index (χ1v) is 11.3. The van der Waals surface area contributed by atoms with Gasteiger partial charge in [-0.2, -0.15) is 0 Å². The number of aliphatic hydroxyl groups is 1. The first-order valence-electron chi connectivity index (χ1n) is 10.9. The molecule has 34 heavy (non-hydrogen) atoms. The Hall–Kier alpha value is -3.43. The number of aliphatic hydroxyl groups excluding tert-OH is 1. The van der Waals surface area contributed by atoms with E-state index in [-0.39, 0.29) is 31.1 Å². The summed E-state index contributed by atoms with van der Waals surface area (Å²) in [4.78, 5) is 35.8. The van der Waals surface area contributed by atoms with Crippen molar-refractivity contribution < 1.29 is 19.4 Å². The third-order valence-electron chi connectivity index (χ3n) is 5.23. The van der Waals surface area contributed by atoms with E-state index in [1.807, 2.05) is 13.8 Å². The van der Waals surface area contributed by atoms with Gasteiger partial charge in [0.1, 0.15) is 12.3 Å². The third kappa shape index (κ3) is 6.55. The number of anilines is 1. The fraction of sp³-hybridized carbons (Fsp3) is 0.333. The summed E-state index contributed by atoms with van der Waals surface area (Å²) in [5.74, 6) is -0.321. The fourth-order valence-electron chi connectivity index (χ4n) is 3.32. The maximum atomic E-state index is 12.8. The molecule has 0 aliphatic heterocycles. The molecule has 0 bridgehead atoms. The Bertz CT molecular complexity index is 1150. The Kier molecular flexibility index (Phi) is 8.61. The molecule has 9 nitrogen and oxygen atoms in total. The van der Waals surface area contributed by atoms with Gasteiger partial charge in [-0.25, -0.2) is 9.97 Å². The van der Waals surface area contributed by atoms with Gasteiger partial charge in [0.15, 0.2) is 0 Å². The van der Waals surface area contributed by atoms with Crippen LogP contribution in [0.1, 0.15) is 47.9 Å². The lowest BCUT2D eigenvalue weighted by atomic mass is 10.1. The molecule has 0 fully saturated rings. The number of amides is 1. The highest BCUT2D eigenvalue weighted by atomic mass is 35.5. The molecule has 1 aromatic carbocycles. The Morgan fingerprint density at radius 3 is 2.76 bits per heavy atom. The Morgan fingerprint density at radius 2 is 2.09 bits per heavy atom. The molecule has 0 aliphatic carbocycles. The Balaban J connectivity index is 1.75. The van der Waals surface area contributed by atoms with Gasteiger partial charge in [-0.1, -0.05) is 30.7 Å². The van der Waals surface area contributed by atoms with E-state index in [4.69, 9.17) is 16.3 Å². The molecule has 0 saturated heterocycles. The van der Waals surface area contributed by atoms with Crippen molar-refractivity contribution in [1.29, 1.82) is 0 Å². The van der Waals surface area contributed by atoms with Gasteiger partial charge < -0.3 is 25.5 Å². The number of nitrogens with zero attached hydrogens (tertiary/aromatic N) is 2. The van der Waals surface area contributed by atoms with Crippen molar-refractivity contribution in [3.05, 3.63) is 64.6 Å². The van der Waals surface area contributed by atoms with Crippen molar-refractivity contribution in [2.24, 2.45) is 0 Å². The largest absolute Gasteiger partial charge is 0.464 e. The molecular weight excluding hydrogens is 458 g/mol. The van der Waals surface area contributed by atoms with Gasteiger partial charge in [-0.05, 0) is 42.7 Å². The molecule has 4 N–H and O–H groups in total. The maximum absolute atomic E-state index is 12.8. The Morgan fingerprint density at radius 1 is 1.29 bits per heavy atom. The number of aromatic amines is 1. The van der Waals surface area contributed by atoms with Crippen LogP contribution in [0.4, 0.5) is 5.95 Å². The number of carbonyl (C=O) groups excluding carboxylic acids is 2. The van der Waals surface area contributed by atoms with Gasteiger partial charge >= 0.3 is 5.97 Å². The van der Waals surface area contributed by atoms with Gasteiger partial charge in [0.2, 0.25) is 5.95 Å². The number of H-pyrrole nitrogens is 1. The van der Waals surface area contributed by atoms with Gasteiger partial charge in [0.25, 0.3) is 5.91 Å². The average Bonchev–Trinajstić information content (AvgIpc) is 3.31. The van der Waals surface area contributed by atoms with Crippen molar-refractivity contribution in [1.82, 2.24) is 20.3 Å². The molecule has 0 saturated carbocycles. The van der Waals surface area contributed by atoms with Gasteiger partial charge in [0.05, 0.1) is 24.4 Å². The summed E-state index contributed by atoms with van der Waals surface area (Å²) in [5.41, 5.74) is 3.23. The number of rotatable bonds is 10. The molecule has 180 valence electrons. The van der Waals surface area contributed by atoms with E-state index in [1.54, 1.807) is 42.7 Å². The van der Waals surface area contributed by atoms with Crippen LogP contribution < -0.4 is 10.6 Å². The van der Waals surface area contributed by atoms with Crippen LogP contribution in [0.25, 0.3) is 11.3 Å². The smallest absolute Gasteiger partial charge is 0.302 e. The monoisotopic (exact) mass is 485 g/mol. The van der Waals surface area contributed by atoms with E-state index in [1.165, 1.54) is 6.92 Å². The maximum Gasteiger partial charge on any atom is 0.302 e. The summed E-state index contributed by atoms with van der Waals surface area (Å²) in [6.07, 6.45) is 4.10. The molecule has 0 unspecified atom stereocenters. The summed E-state index contributed by atoms with van der Waals surface area (Å²) >= 11 is 6.03. The number of hydrogen-bond donors (Lipinski definition) is 4. The zero-order valence-corrected chi connectivity index (χ0v) is 20.0. The molecule has 3 aromatic rings. The fourth-order valence-corrected chi connectivity index (χ4v) is 3.52. The number of halogens is 1. The summed E-state index contributed by atoms with van der Waals surface area (Å²) in [7, 11) is 0. The van der Waals surface area contributed by atoms with Crippen molar-refractivity contribution in [3.8, 4) is 11.3 Å². The van der Waals surface area contributed by atoms with Crippen molar-refractivity contribution in [3.63, 3.8) is 0 Å². The predicted molar refractivity (Wildman–Crippen MR) is 130 cm³/mol. The van der Waals surface area contributed by atoms with Crippen LogP contribution in [-0.2, 0) is 9.53 Å². The summed E-state index contributed by atoms with van der Waals surface area (Å²) in [6.45, 7) is 5.15. The SMILES string of the molecule is CC[C@@H](COC(C)=O)Nc1ncc(C)c(-c2c[nH]c(C(=O)N[C@H](CO)c3cccc(Cl)c3)c2)n1. The minimum atomic E-state index is -0.599. The minimum Gasteiger partial charge on any atom is -0.464 e. The zero-order chi connectivity index (χ0) is 24.7. The van der Waals surface area contributed by atoms with Gasteiger partial charge in [-0.15, -0.1) is 0 Å². The highest BCUT2D eigenvalue weighted by Gasteiger charge is 2.18. The summed E-state index contributed by atoms with van der Waals surface area (Å²) < 4.78 is 5.08. The van der Waals surface area contributed by atoms with E-state index in [0.717, 1.165) is 5.56 Å². The van der Waals surface area contributed by atoms with Crippen LogP contribution in [0.5, 0.6) is 0 Å². The molecule has 1 amide bonds. The third-order valence-corrected chi connectivity index (χ3v) is 5.46. The lowest BCUT2D eigenvalue weighted by Crippen LogP contribution is -2.31. The topological polar surface area (TPSA) is 129 Å². The van der Waals surface area contributed by atoms with Crippen molar-refractivity contribution >= 4 is 29.4 Å². The standard InChI is InChI=1S/C24H28ClN5O4/c1-4-19(13-34-15(3)32)28-24-27-10-14(2)22(30-24)17-9-20(26-11-17)23(33)29-21(12-31)16-6-5-7-18(25)8-16/h5-11,19,21,26,31H,4,12-13H2,1-3H3,(H,29,33)(H,27,28,30)/t19-,21+/m0/s1.